The summed E-state index contributed by atoms with van der Waals surface area (Å²) in [5.41, 5.74) is 0. The molecule has 0 aromatic heterocycles. The fourth-order valence-corrected chi connectivity index (χ4v) is 1.76. The molecular formula is C11H17N3. The van der Waals surface area contributed by atoms with Crippen molar-refractivity contribution in [2.75, 3.05) is 33.2 Å². The van der Waals surface area contributed by atoms with Crippen molar-refractivity contribution in [3.05, 3.63) is 24.4 Å². The minimum atomic E-state index is 0.969. The number of likely N-dealkylation sites (N-methyl/N-ethyl adjacent to an activating group) is 1. The van der Waals surface area contributed by atoms with Crippen LogP contribution in [0.2, 0.25) is 0 Å². The molecule has 0 aromatic carbocycles. The van der Waals surface area contributed by atoms with Gasteiger partial charge in [-0.05, 0) is 13.1 Å². The monoisotopic (exact) mass is 191 g/mol. The van der Waals surface area contributed by atoms with Crippen molar-refractivity contribution >= 4 is 5.84 Å². The van der Waals surface area contributed by atoms with Crippen molar-refractivity contribution in [1.82, 2.24) is 9.80 Å². The van der Waals surface area contributed by atoms with Crippen molar-refractivity contribution in [2.45, 2.75) is 6.42 Å². The summed E-state index contributed by atoms with van der Waals surface area (Å²) in [6, 6.07) is 0. The molecular weight excluding hydrogens is 174 g/mol. The Balaban J connectivity index is 1.98. The summed E-state index contributed by atoms with van der Waals surface area (Å²) in [6.07, 6.45) is 9.07. The second kappa shape index (κ2) is 4.42. The fraction of sp³-hybridized carbons (Fsp3) is 0.545. The maximum absolute atomic E-state index is 4.45. The lowest BCUT2D eigenvalue weighted by Crippen LogP contribution is -2.47. The number of nitrogens with zero attached hydrogens (tertiary/aromatic N) is 3. The molecule has 0 saturated carbocycles. The van der Waals surface area contributed by atoms with Crippen molar-refractivity contribution < 1.29 is 0 Å². The summed E-state index contributed by atoms with van der Waals surface area (Å²) in [7, 11) is 2.17. The lowest BCUT2D eigenvalue weighted by atomic mass is 10.2. The molecule has 0 radical (unpaired) electrons. The molecule has 0 amide bonds. The Bertz CT molecular complexity index is 270. The first-order valence-corrected chi connectivity index (χ1v) is 5.18. The molecule has 1 saturated heterocycles. The fourth-order valence-electron chi connectivity index (χ4n) is 1.76. The molecule has 0 atom stereocenters. The van der Waals surface area contributed by atoms with Crippen LogP contribution < -0.4 is 0 Å². The van der Waals surface area contributed by atoms with Gasteiger partial charge in [0.25, 0.3) is 0 Å². The van der Waals surface area contributed by atoms with Gasteiger partial charge in [-0.2, -0.15) is 0 Å². The van der Waals surface area contributed by atoms with E-state index in [0.29, 0.717) is 0 Å². The number of amidine groups is 1. The molecule has 3 nitrogen and oxygen atoms in total. The van der Waals surface area contributed by atoms with Gasteiger partial charge in [-0.1, -0.05) is 12.2 Å². The van der Waals surface area contributed by atoms with Gasteiger partial charge < -0.3 is 9.80 Å². The third-order valence-electron chi connectivity index (χ3n) is 2.73. The average Bonchev–Trinajstić information content (AvgIpc) is 2.47. The highest BCUT2D eigenvalue weighted by Crippen LogP contribution is 2.06. The summed E-state index contributed by atoms with van der Waals surface area (Å²) < 4.78 is 0. The Hall–Kier alpha value is -1.09. The van der Waals surface area contributed by atoms with E-state index in [9.17, 15) is 0 Å². The predicted octanol–water partition coefficient (Wildman–Crippen LogP) is 1.11. The zero-order valence-corrected chi connectivity index (χ0v) is 8.69. The number of piperazine rings is 1. The Kier molecular flexibility index (Phi) is 2.99. The van der Waals surface area contributed by atoms with Gasteiger partial charge in [0, 0.05) is 38.8 Å². The van der Waals surface area contributed by atoms with Crippen LogP contribution in [0.3, 0.4) is 0 Å². The van der Waals surface area contributed by atoms with Gasteiger partial charge >= 0.3 is 0 Å². The number of hydrogen-bond acceptors (Lipinski definition) is 3. The standard InChI is InChI=1S/C11H17N3/c1-13-7-9-14(10-8-13)11-5-3-2-4-6-12-11/h2-4,6H,5,7-10H2,1H3. The van der Waals surface area contributed by atoms with E-state index in [1.54, 1.807) is 0 Å². The average molecular weight is 191 g/mol. The molecule has 1 fully saturated rings. The number of hydrogen-bond donors (Lipinski definition) is 0. The van der Waals surface area contributed by atoms with Gasteiger partial charge in [0.1, 0.15) is 5.84 Å². The molecule has 76 valence electrons. The van der Waals surface area contributed by atoms with Gasteiger partial charge in [-0.15, -0.1) is 0 Å². The molecule has 3 heteroatoms. The largest absolute Gasteiger partial charge is 0.357 e. The van der Waals surface area contributed by atoms with Crippen molar-refractivity contribution in [3.63, 3.8) is 0 Å². The highest BCUT2D eigenvalue weighted by molar-refractivity contribution is 5.84. The highest BCUT2D eigenvalue weighted by Gasteiger charge is 2.16. The third-order valence-corrected chi connectivity index (χ3v) is 2.73. The van der Waals surface area contributed by atoms with Crippen molar-refractivity contribution in [1.29, 1.82) is 0 Å². The molecule has 0 aromatic rings. The van der Waals surface area contributed by atoms with Crippen LogP contribution in [0.4, 0.5) is 0 Å². The van der Waals surface area contributed by atoms with Crippen LogP contribution in [0.5, 0.6) is 0 Å². The van der Waals surface area contributed by atoms with E-state index in [4.69, 9.17) is 0 Å². The Morgan fingerprint density at radius 3 is 2.71 bits per heavy atom. The Morgan fingerprint density at radius 2 is 1.93 bits per heavy atom. The molecule has 2 aliphatic rings. The highest BCUT2D eigenvalue weighted by atomic mass is 15.3. The van der Waals surface area contributed by atoms with Gasteiger partial charge in [-0.3, -0.25) is 0 Å². The SMILES string of the molecule is CN1CCN(C2=NC=CC=CC2)CC1. The smallest absolute Gasteiger partial charge is 0.108 e. The topological polar surface area (TPSA) is 18.8 Å². The molecule has 2 heterocycles. The predicted molar refractivity (Wildman–Crippen MR) is 59.4 cm³/mol. The van der Waals surface area contributed by atoms with Gasteiger partial charge in [-0.25, -0.2) is 4.99 Å². The Morgan fingerprint density at radius 1 is 1.14 bits per heavy atom. The van der Waals surface area contributed by atoms with Crippen LogP contribution in [-0.2, 0) is 0 Å². The molecule has 0 bridgehead atoms. The van der Waals surface area contributed by atoms with Gasteiger partial charge in [0.05, 0.1) is 0 Å². The zero-order chi connectivity index (χ0) is 9.80. The minimum absolute atomic E-state index is 0.969. The van der Waals surface area contributed by atoms with E-state index in [2.05, 4.69) is 34.0 Å². The van der Waals surface area contributed by atoms with E-state index < -0.39 is 0 Å². The number of rotatable bonds is 0. The summed E-state index contributed by atoms with van der Waals surface area (Å²) in [4.78, 5) is 9.20. The molecule has 14 heavy (non-hydrogen) atoms. The normalized spacial score (nSPS) is 23.5. The molecule has 0 N–H and O–H groups in total. The van der Waals surface area contributed by atoms with E-state index >= 15 is 0 Å². The first-order valence-electron chi connectivity index (χ1n) is 5.18. The summed E-state index contributed by atoms with van der Waals surface area (Å²) in [6.45, 7) is 4.51. The second-order valence-corrected chi connectivity index (χ2v) is 3.81. The van der Waals surface area contributed by atoms with Gasteiger partial charge in [0.2, 0.25) is 0 Å². The van der Waals surface area contributed by atoms with Crippen LogP contribution >= 0.6 is 0 Å². The summed E-state index contributed by atoms with van der Waals surface area (Å²) >= 11 is 0. The maximum atomic E-state index is 4.45. The summed E-state index contributed by atoms with van der Waals surface area (Å²) in [5, 5.41) is 0. The van der Waals surface area contributed by atoms with Crippen LogP contribution in [0.1, 0.15) is 6.42 Å². The van der Waals surface area contributed by atoms with Crippen molar-refractivity contribution in [2.24, 2.45) is 4.99 Å². The van der Waals surface area contributed by atoms with E-state index in [0.717, 1.165) is 32.6 Å². The first kappa shape index (κ1) is 9.46. The van der Waals surface area contributed by atoms with Crippen molar-refractivity contribution in [3.8, 4) is 0 Å². The van der Waals surface area contributed by atoms with Gasteiger partial charge in [0.15, 0.2) is 0 Å². The lowest BCUT2D eigenvalue weighted by Gasteiger charge is -2.34. The molecule has 2 aliphatic heterocycles. The molecule has 2 rings (SSSR count). The lowest BCUT2D eigenvalue weighted by molar-refractivity contribution is 0.214. The minimum Gasteiger partial charge on any atom is -0.357 e. The second-order valence-electron chi connectivity index (χ2n) is 3.81. The van der Waals surface area contributed by atoms with Crippen LogP contribution in [0, 0.1) is 0 Å². The maximum Gasteiger partial charge on any atom is 0.108 e. The number of allylic oxidation sites excluding steroid dienone is 2. The van der Waals surface area contributed by atoms with E-state index in [-0.39, 0.29) is 0 Å². The summed E-state index contributed by atoms with van der Waals surface area (Å²) in [5.74, 6) is 1.21. The first-order chi connectivity index (χ1) is 6.86. The molecule has 0 spiro atoms. The molecule has 0 unspecified atom stereocenters. The van der Waals surface area contributed by atoms with Crippen LogP contribution in [-0.4, -0.2) is 48.9 Å². The number of aliphatic imine (C=N–C) groups is 1. The Labute approximate surface area is 85.4 Å². The van der Waals surface area contributed by atoms with Crippen LogP contribution in [0.25, 0.3) is 0 Å². The molecule has 0 aliphatic carbocycles. The van der Waals surface area contributed by atoms with E-state index in [1.807, 2.05) is 12.3 Å². The zero-order valence-electron chi connectivity index (χ0n) is 8.69. The van der Waals surface area contributed by atoms with Crippen LogP contribution in [0.15, 0.2) is 29.4 Å². The quantitative estimate of drug-likeness (QED) is 0.571. The van der Waals surface area contributed by atoms with E-state index in [1.165, 1.54) is 5.84 Å². The third kappa shape index (κ3) is 2.23.